The van der Waals surface area contributed by atoms with Crippen LogP contribution in [0.25, 0.3) is 4.85 Å². The molecule has 0 aromatic heterocycles. The fourth-order valence-electron chi connectivity index (χ4n) is 4.56. The Hall–Kier alpha value is -0.286. The van der Waals surface area contributed by atoms with Crippen molar-refractivity contribution in [2.45, 2.75) is 98.6 Å². The van der Waals surface area contributed by atoms with E-state index in [0.717, 1.165) is 29.7 Å². The summed E-state index contributed by atoms with van der Waals surface area (Å²) in [7, 11) is -1.37. The van der Waals surface area contributed by atoms with Crippen molar-refractivity contribution in [3.05, 3.63) is 34.7 Å². The fraction of sp³-hybridized carbons (Fsp3) is 0.692. The van der Waals surface area contributed by atoms with Gasteiger partial charge in [0, 0.05) is 45.7 Å². The van der Waals surface area contributed by atoms with Gasteiger partial charge < -0.3 is 5.32 Å². The van der Waals surface area contributed by atoms with Crippen LogP contribution in [0.15, 0.2) is 12.1 Å². The molecule has 0 bridgehead atoms. The molecule has 0 aliphatic rings. The number of hydrogen-bond acceptors (Lipinski definition) is 1. The van der Waals surface area contributed by atoms with Gasteiger partial charge in [-0.1, -0.05) is 65.5 Å². The summed E-state index contributed by atoms with van der Waals surface area (Å²) in [6.07, 6.45) is 13.2. The number of anilines is 1. The summed E-state index contributed by atoms with van der Waals surface area (Å²) in [5.41, 5.74) is 3.69. The Bertz CT molecular complexity index is 669. The molecule has 31 heavy (non-hydrogen) atoms. The van der Waals surface area contributed by atoms with Gasteiger partial charge in [-0.05, 0) is 50.7 Å². The van der Waals surface area contributed by atoms with Gasteiger partial charge in [-0.3, -0.25) is 4.79 Å². The van der Waals surface area contributed by atoms with Gasteiger partial charge in [0.15, 0.2) is 5.69 Å². The van der Waals surface area contributed by atoms with Gasteiger partial charge in [-0.15, -0.1) is 0 Å². The van der Waals surface area contributed by atoms with Crippen LogP contribution in [0, 0.1) is 20.4 Å². The van der Waals surface area contributed by atoms with E-state index in [1.54, 1.807) is 0 Å². The van der Waals surface area contributed by atoms with Crippen LogP contribution in [0.1, 0.15) is 90.2 Å². The van der Waals surface area contributed by atoms with E-state index in [0.29, 0.717) is 5.69 Å². The molecule has 0 heterocycles. The zero-order valence-electron chi connectivity index (χ0n) is 20.9. The second kappa shape index (κ2) is 16.3. The van der Waals surface area contributed by atoms with Crippen LogP contribution < -0.4 is 5.32 Å². The number of rotatable bonds is 14. The minimum Gasteiger partial charge on any atom is -0.322 e. The number of carbonyl (C=O) groups excluding carboxylic acids is 1. The van der Waals surface area contributed by atoms with E-state index < -0.39 is 7.26 Å². The Labute approximate surface area is 218 Å². The van der Waals surface area contributed by atoms with Crippen molar-refractivity contribution in [2.24, 2.45) is 0 Å². The molecule has 1 radical (unpaired) electrons. The number of amides is 1. The number of nitrogens with zero attached hydrogens (tertiary/aromatic N) is 1. The first kappa shape index (κ1) is 30.7. The fourth-order valence-corrected chi connectivity index (χ4v) is 10.4. The zero-order valence-corrected chi connectivity index (χ0v) is 24.6. The van der Waals surface area contributed by atoms with Crippen LogP contribution in [-0.4, -0.2) is 30.1 Å². The molecule has 1 N–H and O–H groups in total. The molecule has 0 aliphatic carbocycles. The Balaban J connectivity index is 0.00000900. The maximum atomic E-state index is 13.8. The smallest absolute Gasteiger partial charge is 0.265 e. The van der Waals surface area contributed by atoms with Gasteiger partial charge in [-0.25, -0.2) is 4.85 Å². The van der Waals surface area contributed by atoms with Crippen LogP contribution in [0.4, 0.5) is 11.4 Å². The van der Waals surface area contributed by atoms with Crippen molar-refractivity contribution in [2.75, 3.05) is 23.8 Å². The van der Waals surface area contributed by atoms with Crippen molar-refractivity contribution in [1.29, 1.82) is 0 Å². The van der Waals surface area contributed by atoms with E-state index in [9.17, 15) is 4.79 Å². The molecule has 0 aliphatic heterocycles. The SMILES string of the molecule is [C-]#[N+]c1cc(C)c(NC(=O)C(CCC)[P+](CCCC)(CCCC)CCCC)c(C)c1.[Y]. The molecule has 1 amide bonds. The Kier molecular flexibility index (Phi) is 16.2. The molecule has 0 saturated heterocycles. The summed E-state index contributed by atoms with van der Waals surface area (Å²) in [5.74, 6) is 0.232. The van der Waals surface area contributed by atoms with Crippen molar-refractivity contribution in [1.82, 2.24) is 0 Å². The topological polar surface area (TPSA) is 33.5 Å². The summed E-state index contributed by atoms with van der Waals surface area (Å²) in [4.78, 5) is 17.3. The largest absolute Gasteiger partial charge is 0.322 e. The maximum absolute atomic E-state index is 13.8. The number of nitrogens with one attached hydrogen (secondary N) is 1. The van der Waals surface area contributed by atoms with Crippen LogP contribution >= 0.6 is 7.26 Å². The Morgan fingerprint density at radius 1 is 0.935 bits per heavy atom. The molecule has 1 aromatic carbocycles. The molecule has 1 aromatic rings. The molecule has 0 saturated carbocycles. The molecule has 3 nitrogen and oxygen atoms in total. The molecule has 1 unspecified atom stereocenters. The number of unbranched alkanes of at least 4 members (excludes halogenated alkanes) is 3. The standard InChI is InChI=1S/C26H43N2OP.Y/c1-8-12-16-30(17-13-9-2,18-14-10-3)24(15-11-4)26(29)28-25-21(5)19-23(27-7)20-22(25)6;/h19-20,24H,8-18H2,1-6H3;/p+1. The molecular weight excluding hydrogens is 476 g/mol. The van der Waals surface area contributed by atoms with Gasteiger partial charge >= 0.3 is 0 Å². The average molecular weight is 521 g/mol. The molecule has 5 heteroatoms. The Morgan fingerprint density at radius 2 is 1.39 bits per heavy atom. The van der Waals surface area contributed by atoms with Crippen LogP contribution in [-0.2, 0) is 37.5 Å². The van der Waals surface area contributed by atoms with E-state index in [1.165, 1.54) is 57.0 Å². The zero-order chi connectivity index (χ0) is 22.6. The van der Waals surface area contributed by atoms with Gasteiger partial charge in [0.05, 0.1) is 25.1 Å². The second-order valence-corrected chi connectivity index (χ2v) is 13.2. The van der Waals surface area contributed by atoms with E-state index in [-0.39, 0.29) is 44.3 Å². The third kappa shape index (κ3) is 9.23. The molecular formula is C26H44N2OPY+. The Morgan fingerprint density at radius 3 is 1.74 bits per heavy atom. The summed E-state index contributed by atoms with van der Waals surface area (Å²) in [5, 5.41) is 3.34. The van der Waals surface area contributed by atoms with Crippen molar-refractivity contribution in [3.63, 3.8) is 0 Å². The first-order chi connectivity index (χ1) is 14.4. The summed E-state index contributed by atoms with van der Waals surface area (Å²) in [6.45, 7) is 20.3. The number of carbonyl (C=O) groups is 1. The van der Waals surface area contributed by atoms with Crippen LogP contribution in [0.3, 0.4) is 0 Å². The normalized spacial score (nSPS) is 12.0. The van der Waals surface area contributed by atoms with Crippen LogP contribution in [0.5, 0.6) is 0 Å². The van der Waals surface area contributed by atoms with Gasteiger partial charge in [0.2, 0.25) is 0 Å². The molecule has 0 spiro atoms. The van der Waals surface area contributed by atoms with E-state index >= 15 is 0 Å². The van der Waals surface area contributed by atoms with Crippen molar-refractivity contribution < 1.29 is 37.5 Å². The predicted octanol–water partition coefficient (Wildman–Crippen LogP) is 8.38. The first-order valence-corrected chi connectivity index (χ1v) is 14.5. The van der Waals surface area contributed by atoms with E-state index in [2.05, 4.69) is 37.9 Å². The minimum atomic E-state index is -1.37. The summed E-state index contributed by atoms with van der Waals surface area (Å²) < 4.78 is 0. The summed E-state index contributed by atoms with van der Waals surface area (Å²) in [6, 6.07) is 3.77. The van der Waals surface area contributed by atoms with Gasteiger partial charge in [0.1, 0.15) is 5.66 Å². The monoisotopic (exact) mass is 520 g/mol. The van der Waals surface area contributed by atoms with Crippen molar-refractivity contribution in [3.8, 4) is 0 Å². The molecule has 0 fully saturated rings. The quantitative estimate of drug-likeness (QED) is 0.194. The predicted molar refractivity (Wildman–Crippen MR) is 136 cm³/mol. The third-order valence-electron chi connectivity index (χ3n) is 6.29. The number of benzene rings is 1. The van der Waals surface area contributed by atoms with Crippen LogP contribution in [0.2, 0.25) is 0 Å². The minimum absolute atomic E-state index is 0. The molecule has 1 atom stereocenters. The maximum Gasteiger partial charge on any atom is 0.265 e. The van der Waals surface area contributed by atoms with E-state index in [4.69, 9.17) is 6.57 Å². The first-order valence-electron chi connectivity index (χ1n) is 12.0. The third-order valence-corrected chi connectivity index (χ3v) is 11.7. The van der Waals surface area contributed by atoms with Gasteiger partial charge in [0.25, 0.3) is 5.91 Å². The summed E-state index contributed by atoms with van der Waals surface area (Å²) >= 11 is 0. The average Bonchev–Trinajstić information content (AvgIpc) is 2.74. The van der Waals surface area contributed by atoms with Crippen molar-refractivity contribution >= 4 is 24.5 Å². The molecule has 171 valence electrons. The van der Waals surface area contributed by atoms with Gasteiger partial charge in [-0.2, -0.15) is 0 Å². The van der Waals surface area contributed by atoms with E-state index in [1.807, 2.05) is 26.0 Å². The number of hydrogen-bond donors (Lipinski definition) is 1. The number of aryl methyl sites for hydroxylation is 2. The molecule has 1 rings (SSSR count). The second-order valence-electron chi connectivity index (χ2n) is 8.81.